The lowest BCUT2D eigenvalue weighted by molar-refractivity contribution is -0.136. The summed E-state index contributed by atoms with van der Waals surface area (Å²) in [6.45, 7) is 5.36. The van der Waals surface area contributed by atoms with E-state index < -0.39 is 29.7 Å². The van der Waals surface area contributed by atoms with E-state index in [4.69, 9.17) is 15.6 Å². The number of nitrogens with two attached hydrogens (primary N) is 1. The highest BCUT2D eigenvalue weighted by molar-refractivity contribution is 6.23. The predicted octanol–water partition coefficient (Wildman–Crippen LogP) is 4.31. The number of fused-ring (bicyclic) bond motifs is 2. The van der Waals surface area contributed by atoms with Gasteiger partial charge in [-0.25, -0.2) is 19.4 Å². The first-order valence-corrected chi connectivity index (χ1v) is 21.4. The molecule has 6 amide bonds. The van der Waals surface area contributed by atoms with Crippen LogP contribution in [0, 0.1) is 0 Å². The number of nitrogens with zero attached hydrogens (tertiary/aromatic N) is 9. The Bertz CT molecular complexity index is 2570. The molecule has 5 aliphatic rings. The Morgan fingerprint density at radius 3 is 2.23 bits per heavy atom. The third-order valence-corrected chi connectivity index (χ3v) is 13.0. The van der Waals surface area contributed by atoms with E-state index >= 15 is 0 Å². The van der Waals surface area contributed by atoms with Crippen LogP contribution < -0.4 is 20.7 Å². The number of aromatic nitrogens is 4. The van der Waals surface area contributed by atoms with Crippen molar-refractivity contribution in [3.63, 3.8) is 0 Å². The number of urea groups is 1. The first-order chi connectivity index (χ1) is 30.2. The van der Waals surface area contributed by atoms with Crippen molar-refractivity contribution in [1.82, 2.24) is 44.7 Å². The van der Waals surface area contributed by atoms with Crippen LogP contribution in [-0.4, -0.2) is 133 Å². The van der Waals surface area contributed by atoms with Crippen LogP contribution >= 0.6 is 0 Å². The number of piperidine rings is 3. The minimum Gasteiger partial charge on any atom is -0.457 e. The Kier molecular flexibility index (Phi) is 10.3. The second-order valence-corrected chi connectivity index (χ2v) is 16.6. The van der Waals surface area contributed by atoms with E-state index in [1.807, 2.05) is 75.1 Å². The summed E-state index contributed by atoms with van der Waals surface area (Å²) in [7, 11) is 0. The van der Waals surface area contributed by atoms with Crippen molar-refractivity contribution in [2.45, 2.75) is 56.7 Å². The van der Waals surface area contributed by atoms with Crippen molar-refractivity contribution in [3.05, 3.63) is 90.3 Å². The van der Waals surface area contributed by atoms with Crippen LogP contribution in [-0.2, 0) is 9.59 Å². The number of benzene rings is 3. The number of nitrogens with one attached hydrogen (secondary N) is 1. The molecule has 17 heteroatoms. The average molecular weight is 838 g/mol. The van der Waals surface area contributed by atoms with E-state index in [2.05, 4.69) is 25.1 Å². The molecule has 17 nitrogen and oxygen atoms in total. The summed E-state index contributed by atoms with van der Waals surface area (Å²) in [6, 6.07) is 22.1. The van der Waals surface area contributed by atoms with Gasteiger partial charge in [0.1, 0.15) is 35.4 Å². The zero-order valence-corrected chi connectivity index (χ0v) is 34.2. The number of hydrogen-bond donors (Lipinski definition) is 2. The molecule has 62 heavy (non-hydrogen) atoms. The number of piperazine rings is 1. The second kappa shape index (κ2) is 16.2. The number of para-hydroxylation sites is 1. The van der Waals surface area contributed by atoms with E-state index in [0.717, 1.165) is 83.1 Å². The molecule has 4 saturated heterocycles. The summed E-state index contributed by atoms with van der Waals surface area (Å²) in [5.74, 6) is -0.223. The molecular weight excluding hydrogens is 791 g/mol. The second-order valence-electron chi connectivity index (χ2n) is 16.6. The first kappa shape index (κ1) is 39.3. The lowest BCUT2D eigenvalue weighted by Crippen LogP contribution is -2.56. The molecule has 3 N–H and O–H groups in total. The van der Waals surface area contributed by atoms with Crippen LogP contribution in [0.3, 0.4) is 0 Å². The maximum absolute atomic E-state index is 13.8. The zero-order chi connectivity index (χ0) is 42.5. The van der Waals surface area contributed by atoms with Crippen molar-refractivity contribution in [2.75, 3.05) is 63.0 Å². The van der Waals surface area contributed by atoms with Crippen molar-refractivity contribution < 1.29 is 28.7 Å². The minimum atomic E-state index is -1.01. The highest BCUT2D eigenvalue weighted by atomic mass is 16.5. The lowest BCUT2D eigenvalue weighted by atomic mass is 9.98. The lowest BCUT2D eigenvalue weighted by Gasteiger charge is -2.44. The molecule has 5 aliphatic heterocycles. The maximum Gasteiger partial charge on any atom is 0.320 e. The quantitative estimate of drug-likeness (QED) is 0.221. The predicted molar refractivity (Wildman–Crippen MR) is 228 cm³/mol. The molecule has 10 rings (SSSR count). The number of hydrogen-bond acceptors (Lipinski definition) is 12. The Morgan fingerprint density at radius 2 is 1.47 bits per heavy atom. The third-order valence-electron chi connectivity index (χ3n) is 13.0. The fraction of sp³-hybridized carbons (Fsp3) is 0.378. The van der Waals surface area contributed by atoms with Crippen LogP contribution in [0.1, 0.15) is 65.3 Å². The topological polar surface area (TPSA) is 192 Å². The number of carbonyl (C=O) groups excluding carboxylic acids is 5. The summed E-state index contributed by atoms with van der Waals surface area (Å²) in [5, 5.41) is 8.12. The number of ether oxygens (including phenoxy) is 1. The van der Waals surface area contributed by atoms with Gasteiger partial charge in [0, 0.05) is 69.5 Å². The van der Waals surface area contributed by atoms with E-state index in [-0.39, 0.29) is 36.0 Å². The summed E-state index contributed by atoms with van der Waals surface area (Å²) in [5.41, 5.74) is 10.1. The third kappa shape index (κ3) is 7.25. The van der Waals surface area contributed by atoms with E-state index in [0.29, 0.717) is 51.1 Å². The summed E-state index contributed by atoms with van der Waals surface area (Å²) in [6.07, 6.45) is 5.42. The molecule has 5 aromatic rings. The summed E-state index contributed by atoms with van der Waals surface area (Å²) >= 11 is 0. The smallest absolute Gasteiger partial charge is 0.320 e. The van der Waals surface area contributed by atoms with E-state index in [1.165, 1.54) is 6.33 Å². The fourth-order valence-corrected chi connectivity index (χ4v) is 9.71. The number of imide groups is 2. The van der Waals surface area contributed by atoms with Crippen LogP contribution in [0.5, 0.6) is 11.5 Å². The fourth-order valence-electron chi connectivity index (χ4n) is 9.71. The van der Waals surface area contributed by atoms with Crippen molar-refractivity contribution in [1.29, 1.82) is 0 Å². The maximum atomic E-state index is 13.8. The molecule has 0 radical (unpaired) electrons. The molecule has 2 atom stereocenters. The molecule has 1 unspecified atom stereocenters. The zero-order valence-electron chi connectivity index (χ0n) is 34.2. The van der Waals surface area contributed by atoms with Gasteiger partial charge in [0.25, 0.3) is 11.8 Å². The number of likely N-dealkylation sites (tertiary alicyclic amines) is 2. The van der Waals surface area contributed by atoms with Crippen LogP contribution in [0.25, 0.3) is 22.3 Å². The molecule has 4 fully saturated rings. The van der Waals surface area contributed by atoms with Gasteiger partial charge in [0.05, 0.1) is 22.6 Å². The van der Waals surface area contributed by atoms with Crippen LogP contribution in [0.2, 0.25) is 0 Å². The molecule has 0 spiro atoms. The van der Waals surface area contributed by atoms with E-state index in [1.54, 1.807) is 12.1 Å². The SMILES string of the molecule is Nc1ncnc2c1c(-c1ccc(Oc3ccccc3)cc1)nn2[C@@H]1CCCN(C2CCN(C(=O)N3CCN(c4ccc5c(c4)C(=O)N(C4CCC(=O)NC4=O)C5=O)CC3)CC2)C1. The highest BCUT2D eigenvalue weighted by Crippen LogP contribution is 2.36. The van der Waals surface area contributed by atoms with Crippen molar-refractivity contribution in [2.24, 2.45) is 0 Å². The molecule has 3 aromatic carbocycles. The number of anilines is 2. The summed E-state index contributed by atoms with van der Waals surface area (Å²) < 4.78 is 8.06. The molecule has 2 aromatic heterocycles. The van der Waals surface area contributed by atoms with Crippen LogP contribution in [0.15, 0.2) is 79.1 Å². The largest absolute Gasteiger partial charge is 0.457 e. The minimum absolute atomic E-state index is 0.0432. The molecule has 0 bridgehead atoms. The molecule has 0 saturated carbocycles. The number of carbonyl (C=O) groups is 5. The van der Waals surface area contributed by atoms with Crippen molar-refractivity contribution in [3.8, 4) is 22.8 Å². The van der Waals surface area contributed by atoms with Crippen molar-refractivity contribution >= 4 is 52.2 Å². The van der Waals surface area contributed by atoms with Gasteiger partial charge in [0.2, 0.25) is 11.8 Å². The standard InChI is InChI=1S/C45H47N11O6/c46-40-38-39(28-8-11-33(12-9-28)62-32-6-2-1-3-7-32)50-56(41(38)48-27-47-40)31-5-4-18-54(26-31)29-16-19-52(20-17-29)45(61)53-23-21-51(22-24-53)30-10-13-34-35(25-30)44(60)55(43(34)59)36-14-15-37(57)49-42(36)58/h1-3,6-13,25,27,29,31,36H,4-5,14-24,26H2,(H2,46,47,48)(H,49,57,58)/t31-,36?/m1/s1. The first-order valence-electron chi connectivity index (χ1n) is 21.4. The van der Waals surface area contributed by atoms with Gasteiger partial charge in [-0.2, -0.15) is 5.10 Å². The Balaban J connectivity index is 0.745. The molecule has 7 heterocycles. The Morgan fingerprint density at radius 1 is 0.742 bits per heavy atom. The highest BCUT2D eigenvalue weighted by Gasteiger charge is 2.45. The monoisotopic (exact) mass is 837 g/mol. The molecule has 0 aliphatic carbocycles. The van der Waals surface area contributed by atoms with Gasteiger partial charge in [-0.1, -0.05) is 18.2 Å². The van der Waals surface area contributed by atoms with Gasteiger partial charge in [-0.15, -0.1) is 0 Å². The van der Waals surface area contributed by atoms with Gasteiger partial charge in [-0.3, -0.25) is 34.3 Å². The average Bonchev–Trinajstić information content (AvgIpc) is 3.82. The van der Waals surface area contributed by atoms with Crippen LogP contribution in [0.4, 0.5) is 16.3 Å². The Hall–Kier alpha value is -6.88. The van der Waals surface area contributed by atoms with Gasteiger partial charge in [-0.05, 0) is 93.2 Å². The number of amides is 6. The molecular formula is C45H47N11O6. The normalized spacial score (nSPS) is 21.4. The molecule has 318 valence electrons. The summed E-state index contributed by atoms with van der Waals surface area (Å²) in [4.78, 5) is 83.0. The van der Waals surface area contributed by atoms with Gasteiger partial charge >= 0.3 is 6.03 Å². The van der Waals surface area contributed by atoms with Gasteiger partial charge in [0.15, 0.2) is 5.65 Å². The Labute approximate surface area is 357 Å². The van der Waals surface area contributed by atoms with Gasteiger partial charge < -0.3 is 25.2 Å². The number of nitrogen functional groups attached to an aromatic ring is 1. The number of rotatable bonds is 7. The van der Waals surface area contributed by atoms with E-state index in [9.17, 15) is 24.0 Å².